The minimum atomic E-state index is -0.328. The van der Waals surface area contributed by atoms with Gasteiger partial charge >= 0.3 is 0 Å². The van der Waals surface area contributed by atoms with Crippen molar-refractivity contribution in [2.75, 3.05) is 70.0 Å². The van der Waals surface area contributed by atoms with Crippen LogP contribution in [0.5, 0.6) is 11.6 Å². The van der Waals surface area contributed by atoms with Crippen LogP contribution in [0.1, 0.15) is 15.9 Å². The second-order valence-electron chi connectivity index (χ2n) is 10.1. The number of anilines is 4. The van der Waals surface area contributed by atoms with E-state index in [1.165, 1.54) is 6.08 Å². The molecular formula is C30H37N7O4. The van der Waals surface area contributed by atoms with Crippen molar-refractivity contribution in [2.45, 2.75) is 13.0 Å². The predicted octanol–water partition coefficient (Wildman–Crippen LogP) is 3.56. The van der Waals surface area contributed by atoms with Gasteiger partial charge in [0.05, 0.1) is 37.3 Å². The van der Waals surface area contributed by atoms with E-state index in [0.29, 0.717) is 47.6 Å². The Labute approximate surface area is 240 Å². The Morgan fingerprint density at radius 3 is 2.49 bits per heavy atom. The van der Waals surface area contributed by atoms with Crippen LogP contribution in [0.3, 0.4) is 0 Å². The zero-order valence-electron chi connectivity index (χ0n) is 24.2. The first-order valence-electron chi connectivity index (χ1n) is 13.3. The first-order chi connectivity index (χ1) is 19.7. The molecule has 11 heteroatoms. The quantitative estimate of drug-likeness (QED) is 0.322. The SMILES string of the molecule is C=CC(=O)Nc1cc(Nc2nccc(OC3CN(C(=O)c4ccc(C)cc4)C3)n2)c(OC)cc1N(C)CCN(C)C. The molecule has 2 heterocycles. The summed E-state index contributed by atoms with van der Waals surface area (Å²) in [5.74, 6) is 0.881. The number of benzene rings is 2. The molecule has 1 saturated heterocycles. The molecule has 1 aromatic heterocycles. The van der Waals surface area contributed by atoms with Gasteiger partial charge in [0.25, 0.3) is 5.91 Å². The van der Waals surface area contributed by atoms with Crippen LogP contribution in [-0.4, -0.2) is 92.1 Å². The van der Waals surface area contributed by atoms with Gasteiger partial charge in [-0.1, -0.05) is 24.3 Å². The molecule has 1 fully saturated rings. The van der Waals surface area contributed by atoms with E-state index in [-0.39, 0.29) is 17.9 Å². The van der Waals surface area contributed by atoms with E-state index in [2.05, 4.69) is 32.1 Å². The number of carbonyl (C=O) groups excluding carboxylic acids is 2. The van der Waals surface area contributed by atoms with Crippen molar-refractivity contribution in [3.63, 3.8) is 0 Å². The van der Waals surface area contributed by atoms with Crippen molar-refractivity contribution in [3.05, 3.63) is 72.4 Å². The van der Waals surface area contributed by atoms with E-state index >= 15 is 0 Å². The van der Waals surface area contributed by atoms with Gasteiger partial charge in [-0.05, 0) is 45.3 Å². The van der Waals surface area contributed by atoms with E-state index in [9.17, 15) is 9.59 Å². The van der Waals surface area contributed by atoms with Gasteiger partial charge in [0.1, 0.15) is 11.9 Å². The van der Waals surface area contributed by atoms with Gasteiger partial charge in [-0.2, -0.15) is 4.98 Å². The highest BCUT2D eigenvalue weighted by Gasteiger charge is 2.33. The number of carbonyl (C=O) groups is 2. The van der Waals surface area contributed by atoms with Crippen molar-refractivity contribution in [3.8, 4) is 11.6 Å². The summed E-state index contributed by atoms with van der Waals surface area (Å²) >= 11 is 0. The molecule has 2 aromatic carbocycles. The lowest BCUT2D eigenvalue weighted by Gasteiger charge is -2.38. The molecule has 0 saturated carbocycles. The third kappa shape index (κ3) is 7.52. The summed E-state index contributed by atoms with van der Waals surface area (Å²) in [4.78, 5) is 39.6. The normalized spacial score (nSPS) is 12.9. The van der Waals surface area contributed by atoms with Crippen LogP contribution in [0.15, 0.2) is 61.3 Å². The van der Waals surface area contributed by atoms with Gasteiger partial charge in [-0.25, -0.2) is 4.98 Å². The summed E-state index contributed by atoms with van der Waals surface area (Å²) in [7, 11) is 7.54. The van der Waals surface area contributed by atoms with Gasteiger partial charge < -0.3 is 34.8 Å². The second-order valence-corrected chi connectivity index (χ2v) is 10.1. The van der Waals surface area contributed by atoms with E-state index in [0.717, 1.165) is 24.3 Å². The number of likely N-dealkylation sites (tertiary alicyclic amines) is 1. The predicted molar refractivity (Wildman–Crippen MR) is 160 cm³/mol. The number of rotatable bonds is 12. The number of aromatic nitrogens is 2. The minimum Gasteiger partial charge on any atom is -0.494 e. The fraction of sp³-hybridized carbons (Fsp3) is 0.333. The number of nitrogens with one attached hydrogen (secondary N) is 2. The first-order valence-corrected chi connectivity index (χ1v) is 13.3. The van der Waals surface area contributed by atoms with Crippen LogP contribution in [0, 0.1) is 6.92 Å². The van der Waals surface area contributed by atoms with E-state index in [4.69, 9.17) is 9.47 Å². The zero-order chi connectivity index (χ0) is 29.5. The maximum atomic E-state index is 12.7. The van der Waals surface area contributed by atoms with E-state index in [1.54, 1.807) is 30.3 Å². The molecule has 1 aliphatic rings. The summed E-state index contributed by atoms with van der Waals surface area (Å²) in [6.45, 7) is 8.06. The highest BCUT2D eigenvalue weighted by Crippen LogP contribution is 2.38. The third-order valence-electron chi connectivity index (χ3n) is 6.65. The Kier molecular flexibility index (Phi) is 9.41. The van der Waals surface area contributed by atoms with Gasteiger partial charge in [0.2, 0.25) is 17.7 Å². The first kappa shape index (κ1) is 29.3. The summed E-state index contributed by atoms with van der Waals surface area (Å²) in [6, 6.07) is 12.8. The number of methoxy groups -OCH3 is 1. The Bertz CT molecular complexity index is 1390. The van der Waals surface area contributed by atoms with Crippen molar-refractivity contribution in [1.29, 1.82) is 0 Å². The zero-order valence-corrected chi connectivity index (χ0v) is 24.2. The Morgan fingerprint density at radius 2 is 1.83 bits per heavy atom. The molecule has 3 aromatic rings. The number of hydrogen-bond acceptors (Lipinski definition) is 9. The number of aryl methyl sites for hydroxylation is 1. The van der Waals surface area contributed by atoms with Crippen molar-refractivity contribution >= 4 is 34.8 Å². The molecule has 4 rings (SSSR count). The molecule has 1 aliphatic heterocycles. The average molecular weight is 560 g/mol. The van der Waals surface area contributed by atoms with Crippen LogP contribution in [-0.2, 0) is 4.79 Å². The molecule has 0 atom stereocenters. The highest BCUT2D eigenvalue weighted by molar-refractivity contribution is 6.02. The summed E-state index contributed by atoms with van der Waals surface area (Å²) < 4.78 is 11.7. The number of hydrogen-bond donors (Lipinski definition) is 2. The summed E-state index contributed by atoms with van der Waals surface area (Å²) in [6.07, 6.45) is 2.65. The lowest BCUT2D eigenvalue weighted by atomic mass is 10.1. The van der Waals surface area contributed by atoms with Crippen molar-refractivity contribution in [2.24, 2.45) is 0 Å². The molecule has 2 amide bonds. The van der Waals surface area contributed by atoms with Crippen LogP contribution >= 0.6 is 0 Å². The van der Waals surface area contributed by atoms with E-state index < -0.39 is 0 Å². The molecule has 2 N–H and O–H groups in total. The smallest absolute Gasteiger partial charge is 0.254 e. The number of likely N-dealkylation sites (N-methyl/N-ethyl adjacent to an activating group) is 2. The number of amides is 2. The third-order valence-corrected chi connectivity index (χ3v) is 6.65. The Balaban J connectivity index is 1.46. The average Bonchev–Trinajstić information content (AvgIpc) is 2.93. The fourth-order valence-corrected chi connectivity index (χ4v) is 4.22. The van der Waals surface area contributed by atoms with Gasteiger partial charge in [0, 0.05) is 44.0 Å². The molecule has 0 radical (unpaired) electrons. The summed E-state index contributed by atoms with van der Waals surface area (Å²) in [5, 5.41) is 6.06. The number of nitrogens with zero attached hydrogens (tertiary/aromatic N) is 5. The van der Waals surface area contributed by atoms with Crippen molar-refractivity contribution < 1.29 is 19.1 Å². The van der Waals surface area contributed by atoms with Crippen LogP contribution in [0.4, 0.5) is 23.0 Å². The minimum absolute atomic E-state index is 0.0165. The molecule has 216 valence electrons. The van der Waals surface area contributed by atoms with Gasteiger partial charge in [0.15, 0.2) is 0 Å². The summed E-state index contributed by atoms with van der Waals surface area (Å²) in [5.41, 5.74) is 3.71. The van der Waals surface area contributed by atoms with Crippen LogP contribution < -0.4 is 25.0 Å². The van der Waals surface area contributed by atoms with Gasteiger partial charge in [-0.15, -0.1) is 0 Å². The Hall–Kier alpha value is -4.64. The molecule has 0 aliphatic carbocycles. The van der Waals surface area contributed by atoms with Crippen molar-refractivity contribution in [1.82, 2.24) is 19.8 Å². The monoisotopic (exact) mass is 559 g/mol. The number of ether oxygens (including phenoxy) is 2. The molecule has 0 unspecified atom stereocenters. The van der Waals surface area contributed by atoms with Crippen LogP contribution in [0.2, 0.25) is 0 Å². The lowest BCUT2D eigenvalue weighted by molar-refractivity contribution is -0.111. The standard InChI is InChI=1S/C30H37N7O4/c1-7-27(38)32-23-16-24(26(40-6)17-25(23)36(5)15-14-35(3)4)33-30-31-13-12-28(34-30)41-22-18-37(19-22)29(39)21-10-8-20(2)9-11-21/h7-13,16-17,22H,1,14-15,18-19H2,2-6H3,(H,32,38)(H,31,33,34). The lowest BCUT2D eigenvalue weighted by Crippen LogP contribution is -2.56. The molecule has 0 bridgehead atoms. The highest BCUT2D eigenvalue weighted by atomic mass is 16.5. The molecule has 0 spiro atoms. The maximum absolute atomic E-state index is 12.7. The Morgan fingerprint density at radius 1 is 1.10 bits per heavy atom. The molecular weight excluding hydrogens is 522 g/mol. The molecule has 41 heavy (non-hydrogen) atoms. The van der Waals surface area contributed by atoms with Crippen LogP contribution in [0.25, 0.3) is 0 Å². The maximum Gasteiger partial charge on any atom is 0.254 e. The topological polar surface area (TPSA) is 112 Å². The van der Waals surface area contributed by atoms with E-state index in [1.807, 2.05) is 63.3 Å². The van der Waals surface area contributed by atoms with Gasteiger partial charge in [-0.3, -0.25) is 9.59 Å². The molecule has 11 nitrogen and oxygen atoms in total. The largest absolute Gasteiger partial charge is 0.494 e. The second kappa shape index (κ2) is 13.1. The fourth-order valence-electron chi connectivity index (χ4n) is 4.22.